The fraction of sp³-hybridized carbons (Fsp3) is 0.333. The highest BCUT2D eigenvalue weighted by molar-refractivity contribution is 7.89. The average Bonchev–Trinajstić information content (AvgIpc) is 2.82. The molecule has 148 valence electrons. The molecule has 2 aromatic rings. The molecule has 0 spiro atoms. The Morgan fingerprint density at radius 3 is 2.48 bits per heavy atom. The van der Waals surface area contributed by atoms with E-state index in [4.69, 9.17) is 4.74 Å². The minimum atomic E-state index is -4.92. The first-order chi connectivity index (χ1) is 12.3. The van der Waals surface area contributed by atoms with Gasteiger partial charge in [0.1, 0.15) is 17.4 Å². The summed E-state index contributed by atoms with van der Waals surface area (Å²) in [6, 6.07) is 3.60. The third-order valence-electron chi connectivity index (χ3n) is 3.46. The van der Waals surface area contributed by atoms with Crippen molar-refractivity contribution in [1.29, 1.82) is 0 Å². The highest BCUT2D eigenvalue weighted by Crippen LogP contribution is 2.32. The Bertz CT molecular complexity index is 983. The summed E-state index contributed by atoms with van der Waals surface area (Å²) < 4.78 is 67.8. The highest BCUT2D eigenvalue weighted by Gasteiger charge is 2.39. The summed E-state index contributed by atoms with van der Waals surface area (Å²) in [5, 5.41) is 11.8. The van der Waals surface area contributed by atoms with Crippen molar-refractivity contribution in [3.8, 4) is 11.5 Å². The third kappa shape index (κ3) is 4.90. The number of alkyl halides is 3. The van der Waals surface area contributed by atoms with Crippen LogP contribution in [0.2, 0.25) is 0 Å². The van der Waals surface area contributed by atoms with Crippen LogP contribution in [0.4, 0.5) is 19.0 Å². The van der Waals surface area contributed by atoms with Gasteiger partial charge in [-0.15, -0.1) is 0 Å². The summed E-state index contributed by atoms with van der Waals surface area (Å²) in [4.78, 5) is 15.7. The summed E-state index contributed by atoms with van der Waals surface area (Å²) in [6.45, 7) is 1.20. The molecular formula is C15H16F3N3O5S. The molecule has 0 saturated carbocycles. The minimum Gasteiger partial charge on any atom is -0.508 e. The van der Waals surface area contributed by atoms with Crippen LogP contribution in [-0.2, 0) is 21.9 Å². The largest absolute Gasteiger partial charge is 0.508 e. The van der Waals surface area contributed by atoms with Gasteiger partial charge in [-0.3, -0.25) is 4.79 Å². The van der Waals surface area contributed by atoms with Crippen LogP contribution in [0.5, 0.6) is 11.5 Å². The molecule has 2 N–H and O–H groups in total. The van der Waals surface area contributed by atoms with Crippen LogP contribution < -0.4 is 10.1 Å². The number of phenols is 1. The molecule has 1 amide bonds. The Hall–Kier alpha value is -2.76. The maximum absolute atomic E-state index is 13.2. The number of benzene rings is 1. The van der Waals surface area contributed by atoms with Gasteiger partial charge in [-0.05, 0) is 19.1 Å². The first kappa shape index (κ1) is 20.6. The van der Waals surface area contributed by atoms with E-state index in [1.807, 2.05) is 0 Å². The molecule has 12 heteroatoms. The number of amides is 1. The van der Waals surface area contributed by atoms with E-state index in [1.165, 1.54) is 26.2 Å². The molecule has 0 unspecified atom stereocenters. The van der Waals surface area contributed by atoms with Crippen molar-refractivity contribution in [1.82, 2.24) is 9.55 Å². The molecule has 8 nitrogen and oxygen atoms in total. The quantitative estimate of drug-likeness (QED) is 0.786. The summed E-state index contributed by atoms with van der Waals surface area (Å²) >= 11 is 0. The average molecular weight is 407 g/mol. The van der Waals surface area contributed by atoms with Gasteiger partial charge in [0.25, 0.3) is 5.91 Å². The number of imidazole rings is 1. The van der Waals surface area contributed by atoms with E-state index < -0.39 is 39.4 Å². The Kier molecular flexibility index (Phi) is 5.40. The van der Waals surface area contributed by atoms with E-state index >= 15 is 0 Å². The number of nitrogens with one attached hydrogen (secondary N) is 1. The van der Waals surface area contributed by atoms with E-state index in [0.29, 0.717) is 4.57 Å². The number of halogens is 3. The summed E-state index contributed by atoms with van der Waals surface area (Å²) in [5.74, 6) is -3.82. The van der Waals surface area contributed by atoms with Gasteiger partial charge >= 0.3 is 6.18 Å². The molecule has 0 aliphatic heterocycles. The zero-order chi connectivity index (χ0) is 20.6. The topological polar surface area (TPSA) is 111 Å². The van der Waals surface area contributed by atoms with Crippen molar-refractivity contribution < 1.29 is 36.2 Å². The number of rotatable bonds is 5. The standard InChI is InChI=1S/C15H16F3N3O5S/c1-8-12(19-13(23)9-4-10(22)6-11(5-9)26-2)20-14(15(16,17)18)21(8)7-27(3,24)25/h4-6,22H,7H2,1-3H3,(H,19,23). The number of aromatic hydroxyl groups is 1. The van der Waals surface area contributed by atoms with E-state index in [9.17, 15) is 31.5 Å². The van der Waals surface area contributed by atoms with E-state index in [2.05, 4.69) is 10.3 Å². The Balaban J connectivity index is 2.45. The normalized spacial score (nSPS) is 12.1. The molecule has 1 heterocycles. The number of nitrogens with zero attached hydrogens (tertiary/aromatic N) is 2. The zero-order valence-electron chi connectivity index (χ0n) is 14.5. The minimum absolute atomic E-state index is 0.0857. The Morgan fingerprint density at radius 2 is 1.96 bits per heavy atom. The van der Waals surface area contributed by atoms with E-state index in [-0.39, 0.29) is 22.8 Å². The van der Waals surface area contributed by atoms with Crippen molar-refractivity contribution >= 4 is 21.6 Å². The van der Waals surface area contributed by atoms with Crippen molar-refractivity contribution in [2.45, 2.75) is 19.0 Å². The zero-order valence-corrected chi connectivity index (χ0v) is 15.3. The Labute approximate surface area is 152 Å². The van der Waals surface area contributed by atoms with Gasteiger partial charge in [-0.2, -0.15) is 13.2 Å². The fourth-order valence-corrected chi connectivity index (χ4v) is 3.06. The van der Waals surface area contributed by atoms with Crippen molar-refractivity contribution in [3.05, 3.63) is 35.3 Å². The molecule has 0 radical (unpaired) electrons. The maximum Gasteiger partial charge on any atom is 0.449 e. The predicted molar refractivity (Wildman–Crippen MR) is 89.4 cm³/mol. The van der Waals surface area contributed by atoms with Crippen LogP contribution in [0.15, 0.2) is 18.2 Å². The lowest BCUT2D eigenvalue weighted by molar-refractivity contribution is -0.146. The van der Waals surface area contributed by atoms with Crippen LogP contribution in [0.3, 0.4) is 0 Å². The van der Waals surface area contributed by atoms with Gasteiger partial charge in [-0.25, -0.2) is 13.4 Å². The highest BCUT2D eigenvalue weighted by atomic mass is 32.2. The number of carbonyl (C=O) groups excluding carboxylic acids is 1. The van der Waals surface area contributed by atoms with Crippen molar-refractivity contribution in [2.75, 3.05) is 18.7 Å². The van der Waals surface area contributed by atoms with Gasteiger partial charge < -0.3 is 19.7 Å². The molecule has 0 atom stereocenters. The number of phenolic OH excluding ortho intramolecular Hbond substituents is 1. The second-order valence-corrected chi connectivity index (χ2v) is 7.83. The number of hydrogen-bond donors (Lipinski definition) is 2. The van der Waals surface area contributed by atoms with Crippen LogP contribution in [0.25, 0.3) is 0 Å². The predicted octanol–water partition coefficient (Wildman–Crippen LogP) is 2.18. The monoisotopic (exact) mass is 407 g/mol. The first-order valence-electron chi connectivity index (χ1n) is 7.33. The number of methoxy groups -OCH3 is 1. The number of sulfone groups is 1. The number of carbonyl (C=O) groups is 1. The summed E-state index contributed by atoms with van der Waals surface area (Å²) in [7, 11) is -2.50. The molecule has 2 rings (SSSR count). The molecule has 0 bridgehead atoms. The van der Waals surface area contributed by atoms with Crippen LogP contribution in [0.1, 0.15) is 21.9 Å². The molecule has 0 fully saturated rings. The van der Waals surface area contributed by atoms with Gasteiger partial charge in [-0.1, -0.05) is 0 Å². The first-order valence-corrected chi connectivity index (χ1v) is 9.39. The second-order valence-electron chi connectivity index (χ2n) is 5.72. The lowest BCUT2D eigenvalue weighted by Gasteiger charge is -2.10. The summed E-state index contributed by atoms with van der Waals surface area (Å²) in [5.41, 5.74) is -0.273. The van der Waals surface area contributed by atoms with E-state index in [1.54, 1.807) is 0 Å². The van der Waals surface area contributed by atoms with Crippen LogP contribution >= 0.6 is 0 Å². The van der Waals surface area contributed by atoms with E-state index in [0.717, 1.165) is 12.3 Å². The van der Waals surface area contributed by atoms with Gasteiger partial charge in [0.05, 0.1) is 12.8 Å². The van der Waals surface area contributed by atoms with Crippen molar-refractivity contribution in [2.24, 2.45) is 0 Å². The lowest BCUT2D eigenvalue weighted by atomic mass is 10.2. The van der Waals surface area contributed by atoms with Gasteiger partial charge in [0.2, 0.25) is 5.82 Å². The SMILES string of the molecule is COc1cc(O)cc(C(=O)Nc2nc(C(F)(F)F)n(CS(C)(=O)=O)c2C)c1. The van der Waals surface area contributed by atoms with Crippen LogP contribution in [0, 0.1) is 6.92 Å². The molecule has 0 aliphatic carbocycles. The molecule has 1 aromatic carbocycles. The third-order valence-corrected chi connectivity index (χ3v) is 4.19. The lowest BCUT2D eigenvalue weighted by Crippen LogP contribution is -2.19. The number of ether oxygens (including phenoxy) is 1. The Morgan fingerprint density at radius 1 is 1.33 bits per heavy atom. The molecule has 27 heavy (non-hydrogen) atoms. The van der Waals surface area contributed by atoms with Crippen molar-refractivity contribution in [3.63, 3.8) is 0 Å². The molecule has 0 saturated heterocycles. The molecule has 1 aromatic heterocycles. The van der Waals surface area contributed by atoms with Gasteiger partial charge in [0, 0.05) is 17.9 Å². The fourth-order valence-electron chi connectivity index (χ4n) is 2.27. The second kappa shape index (κ2) is 7.10. The number of hydrogen-bond acceptors (Lipinski definition) is 6. The number of anilines is 1. The van der Waals surface area contributed by atoms with Gasteiger partial charge in [0.15, 0.2) is 15.7 Å². The van der Waals surface area contributed by atoms with Crippen LogP contribution in [-0.4, -0.2) is 42.3 Å². The molecule has 0 aliphatic rings. The maximum atomic E-state index is 13.2. The summed E-state index contributed by atoms with van der Waals surface area (Å²) in [6.07, 6.45) is -4.14. The smallest absolute Gasteiger partial charge is 0.449 e. The molecular weight excluding hydrogens is 391 g/mol. The number of aromatic nitrogens is 2.